The molecule has 0 bridgehead atoms. The van der Waals surface area contributed by atoms with Crippen LogP contribution in [0.3, 0.4) is 0 Å². The van der Waals surface area contributed by atoms with Gasteiger partial charge >= 0.3 is 0 Å². The summed E-state index contributed by atoms with van der Waals surface area (Å²) in [7, 11) is 0. The summed E-state index contributed by atoms with van der Waals surface area (Å²) in [5.41, 5.74) is 1.14. The fraction of sp³-hybridized carbons (Fsp3) is 0.765. The second-order valence-corrected chi connectivity index (χ2v) is 6.53. The van der Waals surface area contributed by atoms with E-state index < -0.39 is 0 Å². The fourth-order valence-corrected chi connectivity index (χ4v) is 3.10. The molecule has 0 aromatic carbocycles. The van der Waals surface area contributed by atoms with Gasteiger partial charge in [0.05, 0.1) is 18.3 Å². The van der Waals surface area contributed by atoms with Gasteiger partial charge in [0.1, 0.15) is 0 Å². The van der Waals surface area contributed by atoms with Crippen LogP contribution in [0.4, 0.5) is 0 Å². The summed E-state index contributed by atoms with van der Waals surface area (Å²) in [5.74, 6) is -0.349. The molecule has 2 amide bonds. The second kappa shape index (κ2) is 9.50. The minimum Gasteiger partial charge on any atom is -0.355 e. The first kappa shape index (κ1) is 19.4. The summed E-state index contributed by atoms with van der Waals surface area (Å²) >= 11 is 0. The van der Waals surface area contributed by atoms with Gasteiger partial charge in [-0.1, -0.05) is 19.1 Å². The van der Waals surface area contributed by atoms with Gasteiger partial charge in [-0.15, -0.1) is 5.10 Å². The van der Waals surface area contributed by atoms with Gasteiger partial charge in [-0.3, -0.25) is 9.59 Å². The molecule has 2 N–H and O–H groups in total. The van der Waals surface area contributed by atoms with Crippen molar-refractivity contribution < 1.29 is 9.59 Å². The molecule has 0 radical (unpaired) electrons. The molecule has 140 valence electrons. The number of piperidine rings is 1. The van der Waals surface area contributed by atoms with E-state index in [9.17, 15) is 9.59 Å². The molecular formula is C17H30N6O2. The van der Waals surface area contributed by atoms with Crippen LogP contribution in [0.1, 0.15) is 61.8 Å². The summed E-state index contributed by atoms with van der Waals surface area (Å²) in [4.78, 5) is 26.5. The van der Waals surface area contributed by atoms with Crippen molar-refractivity contribution in [2.45, 2.75) is 52.5 Å². The standard InChI is InChI=1S/C17H30N6O2/c1-4-8-19-15(24)12-22(11-5-2)17(25)16-13(3)23(21-20-16)14-6-9-18-10-7-14/h14,18H,4-12H2,1-3H3,(H,19,24). The summed E-state index contributed by atoms with van der Waals surface area (Å²) in [6.45, 7) is 8.99. The maximum absolute atomic E-state index is 12.9. The highest BCUT2D eigenvalue weighted by Crippen LogP contribution is 2.21. The second-order valence-electron chi connectivity index (χ2n) is 6.53. The molecule has 0 aliphatic carbocycles. The molecule has 0 saturated carbocycles. The predicted octanol–water partition coefficient (Wildman–Crippen LogP) is 0.889. The van der Waals surface area contributed by atoms with Crippen molar-refractivity contribution in [3.8, 4) is 0 Å². The first-order valence-electron chi connectivity index (χ1n) is 9.26. The first-order valence-corrected chi connectivity index (χ1v) is 9.26. The smallest absolute Gasteiger partial charge is 0.276 e. The maximum Gasteiger partial charge on any atom is 0.276 e. The van der Waals surface area contributed by atoms with E-state index in [2.05, 4.69) is 20.9 Å². The monoisotopic (exact) mass is 350 g/mol. The average Bonchev–Trinajstić information content (AvgIpc) is 3.01. The lowest BCUT2D eigenvalue weighted by molar-refractivity contribution is -0.121. The number of amides is 2. The third kappa shape index (κ3) is 5.01. The zero-order valence-corrected chi connectivity index (χ0v) is 15.5. The summed E-state index contributed by atoms with van der Waals surface area (Å²) in [5, 5.41) is 14.5. The van der Waals surface area contributed by atoms with Crippen LogP contribution in [-0.2, 0) is 4.79 Å². The van der Waals surface area contributed by atoms with Crippen LogP contribution in [0, 0.1) is 6.92 Å². The fourth-order valence-electron chi connectivity index (χ4n) is 3.10. The third-order valence-electron chi connectivity index (χ3n) is 4.47. The van der Waals surface area contributed by atoms with Crippen molar-refractivity contribution in [1.82, 2.24) is 30.5 Å². The number of nitrogens with zero attached hydrogens (tertiary/aromatic N) is 4. The highest BCUT2D eigenvalue weighted by molar-refractivity contribution is 5.95. The number of nitrogens with one attached hydrogen (secondary N) is 2. The van der Waals surface area contributed by atoms with Gasteiger partial charge in [0.2, 0.25) is 5.91 Å². The topological polar surface area (TPSA) is 92.2 Å². The third-order valence-corrected chi connectivity index (χ3v) is 4.47. The molecule has 0 spiro atoms. The van der Waals surface area contributed by atoms with Crippen molar-refractivity contribution in [3.05, 3.63) is 11.4 Å². The number of carbonyl (C=O) groups excluding carboxylic acids is 2. The Hall–Kier alpha value is -1.96. The quantitative estimate of drug-likeness (QED) is 0.726. The van der Waals surface area contributed by atoms with Crippen molar-refractivity contribution >= 4 is 11.8 Å². The van der Waals surface area contributed by atoms with Crippen molar-refractivity contribution in [2.24, 2.45) is 0 Å². The van der Waals surface area contributed by atoms with Crippen molar-refractivity contribution in [2.75, 3.05) is 32.7 Å². The number of hydrogen-bond acceptors (Lipinski definition) is 5. The zero-order valence-electron chi connectivity index (χ0n) is 15.5. The van der Waals surface area contributed by atoms with E-state index in [0.29, 0.717) is 18.8 Å². The zero-order chi connectivity index (χ0) is 18.2. The van der Waals surface area contributed by atoms with Gasteiger partial charge in [-0.2, -0.15) is 0 Å². The molecule has 8 nitrogen and oxygen atoms in total. The van der Waals surface area contributed by atoms with Crippen LogP contribution in [0.2, 0.25) is 0 Å². The minimum atomic E-state index is -0.216. The first-order chi connectivity index (χ1) is 12.1. The van der Waals surface area contributed by atoms with Gasteiger partial charge in [0, 0.05) is 13.1 Å². The lowest BCUT2D eigenvalue weighted by atomic mass is 10.1. The Morgan fingerprint density at radius 1 is 1.28 bits per heavy atom. The molecule has 25 heavy (non-hydrogen) atoms. The molecule has 8 heteroatoms. The van der Waals surface area contributed by atoms with E-state index in [1.807, 2.05) is 25.5 Å². The summed E-state index contributed by atoms with van der Waals surface area (Å²) in [6, 6.07) is 0.280. The Balaban J connectivity index is 2.10. The number of rotatable bonds is 8. The van der Waals surface area contributed by atoms with Gasteiger partial charge in [0.25, 0.3) is 5.91 Å². The highest BCUT2D eigenvalue weighted by Gasteiger charge is 2.26. The highest BCUT2D eigenvalue weighted by atomic mass is 16.2. The Morgan fingerprint density at radius 3 is 2.64 bits per heavy atom. The molecule has 1 aromatic rings. The molecule has 1 aliphatic rings. The Labute approximate surface area is 149 Å². The summed E-state index contributed by atoms with van der Waals surface area (Å²) in [6.07, 6.45) is 3.62. The number of hydrogen-bond donors (Lipinski definition) is 2. The largest absolute Gasteiger partial charge is 0.355 e. The number of carbonyl (C=O) groups is 2. The minimum absolute atomic E-state index is 0.0618. The van der Waals surface area contributed by atoms with E-state index in [4.69, 9.17) is 0 Å². The molecule has 0 unspecified atom stereocenters. The van der Waals surface area contributed by atoms with Gasteiger partial charge < -0.3 is 15.5 Å². The molecule has 2 heterocycles. The van der Waals surface area contributed by atoms with Gasteiger partial charge in [0.15, 0.2) is 5.69 Å². The van der Waals surface area contributed by atoms with Gasteiger partial charge in [-0.05, 0) is 45.7 Å². The molecule has 1 saturated heterocycles. The van der Waals surface area contributed by atoms with E-state index >= 15 is 0 Å². The van der Waals surface area contributed by atoms with Crippen LogP contribution < -0.4 is 10.6 Å². The van der Waals surface area contributed by atoms with E-state index in [0.717, 1.165) is 44.5 Å². The van der Waals surface area contributed by atoms with Gasteiger partial charge in [-0.25, -0.2) is 4.68 Å². The predicted molar refractivity (Wildman–Crippen MR) is 95.4 cm³/mol. The van der Waals surface area contributed by atoms with Crippen LogP contribution >= 0.6 is 0 Å². The molecular weight excluding hydrogens is 320 g/mol. The van der Waals surface area contributed by atoms with Crippen LogP contribution in [0.15, 0.2) is 0 Å². The van der Waals surface area contributed by atoms with Crippen molar-refractivity contribution in [3.63, 3.8) is 0 Å². The molecule has 1 aromatic heterocycles. The van der Waals surface area contributed by atoms with Crippen LogP contribution in [0.5, 0.6) is 0 Å². The summed E-state index contributed by atoms with van der Waals surface area (Å²) < 4.78 is 1.87. The Bertz CT molecular complexity index is 580. The number of aromatic nitrogens is 3. The molecule has 1 aliphatic heterocycles. The lowest BCUT2D eigenvalue weighted by Gasteiger charge is -2.24. The van der Waals surface area contributed by atoms with E-state index in [1.54, 1.807) is 4.90 Å². The average molecular weight is 350 g/mol. The van der Waals surface area contributed by atoms with Crippen LogP contribution in [0.25, 0.3) is 0 Å². The van der Waals surface area contributed by atoms with E-state index in [1.165, 1.54) is 0 Å². The molecule has 0 atom stereocenters. The Kier molecular flexibility index (Phi) is 7.36. The SMILES string of the molecule is CCCNC(=O)CN(CCC)C(=O)c1nnn(C2CCNCC2)c1C. The molecule has 1 fully saturated rings. The van der Waals surface area contributed by atoms with Crippen LogP contribution in [-0.4, -0.2) is 64.4 Å². The normalized spacial score (nSPS) is 15.2. The van der Waals surface area contributed by atoms with E-state index in [-0.39, 0.29) is 24.4 Å². The lowest BCUT2D eigenvalue weighted by Crippen LogP contribution is -2.41. The maximum atomic E-state index is 12.9. The van der Waals surface area contributed by atoms with Crippen molar-refractivity contribution in [1.29, 1.82) is 0 Å². The Morgan fingerprint density at radius 2 is 2.00 bits per heavy atom. The molecule has 2 rings (SSSR count).